The van der Waals surface area contributed by atoms with E-state index in [1.807, 2.05) is 30.3 Å². The largest absolute Gasteiger partial charge is 0.378 e. The van der Waals surface area contributed by atoms with Crippen LogP contribution in [-0.4, -0.2) is 52.7 Å². The molecule has 0 radical (unpaired) electrons. The second-order valence-electron chi connectivity index (χ2n) is 8.06. The van der Waals surface area contributed by atoms with Crippen LogP contribution in [0.4, 0.5) is 11.4 Å². The molecule has 1 aromatic carbocycles. The Balaban J connectivity index is 1.33. The van der Waals surface area contributed by atoms with E-state index in [1.54, 1.807) is 0 Å². The lowest BCUT2D eigenvalue weighted by atomic mass is 9.89. The number of carbonyl (C=O) groups is 1. The van der Waals surface area contributed by atoms with E-state index in [9.17, 15) is 4.79 Å². The lowest BCUT2D eigenvalue weighted by Gasteiger charge is -2.28. The van der Waals surface area contributed by atoms with E-state index in [4.69, 9.17) is 4.74 Å². The van der Waals surface area contributed by atoms with E-state index in [-0.39, 0.29) is 5.91 Å². The van der Waals surface area contributed by atoms with Crippen molar-refractivity contribution in [2.75, 3.05) is 42.3 Å². The first-order valence-corrected chi connectivity index (χ1v) is 12.1. The topological polar surface area (TPSA) is 72.3 Å². The maximum absolute atomic E-state index is 12.5. The van der Waals surface area contributed by atoms with E-state index in [0.29, 0.717) is 18.2 Å². The smallest absolute Gasteiger partial charge is 0.234 e. The number of nitrogens with zero attached hydrogens (tertiary/aromatic N) is 4. The highest BCUT2D eigenvalue weighted by molar-refractivity contribution is 7.99. The summed E-state index contributed by atoms with van der Waals surface area (Å²) in [6.45, 7) is 7.87. The van der Waals surface area contributed by atoms with Gasteiger partial charge in [0.1, 0.15) is 5.82 Å². The average Bonchev–Trinajstić information content (AvgIpc) is 3.22. The third-order valence-electron chi connectivity index (χ3n) is 5.89. The Morgan fingerprint density at radius 2 is 1.90 bits per heavy atom. The second-order valence-corrected chi connectivity index (χ2v) is 9.00. The van der Waals surface area contributed by atoms with Crippen LogP contribution in [0.5, 0.6) is 0 Å². The minimum atomic E-state index is -0.0449. The molecule has 1 N–H and O–H groups in total. The van der Waals surface area contributed by atoms with Gasteiger partial charge in [0.05, 0.1) is 19.0 Å². The summed E-state index contributed by atoms with van der Waals surface area (Å²) >= 11 is 1.43. The van der Waals surface area contributed by atoms with E-state index in [2.05, 4.69) is 31.6 Å². The van der Waals surface area contributed by atoms with Gasteiger partial charge in [-0.2, -0.15) is 0 Å². The van der Waals surface area contributed by atoms with Gasteiger partial charge < -0.3 is 19.5 Å². The van der Waals surface area contributed by atoms with Gasteiger partial charge in [-0.05, 0) is 37.1 Å². The summed E-state index contributed by atoms with van der Waals surface area (Å²) in [5.41, 5.74) is 1.96. The molecule has 8 heteroatoms. The Kier molecular flexibility index (Phi) is 7.64. The molecule has 1 amide bonds. The Bertz CT molecular complexity index is 871. The fraction of sp³-hybridized carbons (Fsp3) is 0.522. The number of nitrogens with one attached hydrogen (secondary N) is 1. The molecule has 0 bridgehead atoms. The van der Waals surface area contributed by atoms with E-state index >= 15 is 0 Å². The predicted octanol–water partition coefficient (Wildman–Crippen LogP) is 4.08. The number of ether oxygens (including phenoxy) is 1. The Morgan fingerprint density at radius 1 is 1.16 bits per heavy atom. The van der Waals surface area contributed by atoms with Crippen LogP contribution >= 0.6 is 11.8 Å². The molecule has 2 heterocycles. The summed E-state index contributed by atoms with van der Waals surface area (Å²) < 4.78 is 7.53. The minimum Gasteiger partial charge on any atom is -0.378 e. The van der Waals surface area contributed by atoms with Gasteiger partial charge >= 0.3 is 0 Å². The number of benzene rings is 1. The Morgan fingerprint density at radius 3 is 2.61 bits per heavy atom. The van der Waals surface area contributed by atoms with Crippen LogP contribution in [0.25, 0.3) is 0 Å². The first-order chi connectivity index (χ1) is 15.2. The molecule has 2 fully saturated rings. The molecule has 0 atom stereocenters. The zero-order valence-corrected chi connectivity index (χ0v) is 18.8. The molecule has 1 saturated heterocycles. The van der Waals surface area contributed by atoms with Crippen molar-refractivity contribution in [3.63, 3.8) is 0 Å². The number of thioether (sulfide) groups is 1. The molecule has 4 rings (SSSR count). The Labute approximate surface area is 188 Å². The van der Waals surface area contributed by atoms with Gasteiger partial charge in [-0.25, -0.2) is 0 Å². The molecule has 1 saturated carbocycles. The first-order valence-electron chi connectivity index (χ1n) is 11.1. The number of carbonyl (C=O) groups excluding carboxylic acids is 1. The predicted molar refractivity (Wildman–Crippen MR) is 125 cm³/mol. The summed E-state index contributed by atoms with van der Waals surface area (Å²) in [7, 11) is 0. The number of anilines is 2. The minimum absolute atomic E-state index is 0.0449. The van der Waals surface area contributed by atoms with Crippen LogP contribution < -0.4 is 10.2 Å². The number of morpholine rings is 1. The van der Waals surface area contributed by atoms with E-state index in [1.165, 1.54) is 43.9 Å². The van der Waals surface area contributed by atoms with Crippen LogP contribution in [-0.2, 0) is 16.1 Å². The summed E-state index contributed by atoms with van der Waals surface area (Å²) in [6.07, 6.45) is 8.01. The first kappa shape index (κ1) is 21.9. The van der Waals surface area contributed by atoms with Crippen LogP contribution in [0.3, 0.4) is 0 Å². The van der Waals surface area contributed by atoms with E-state index < -0.39 is 0 Å². The van der Waals surface area contributed by atoms with Crippen molar-refractivity contribution in [1.29, 1.82) is 0 Å². The third-order valence-corrected chi connectivity index (χ3v) is 6.85. The van der Waals surface area contributed by atoms with Crippen LogP contribution in [0, 0.1) is 0 Å². The lowest BCUT2D eigenvalue weighted by Crippen LogP contribution is -2.36. The van der Waals surface area contributed by atoms with Crippen molar-refractivity contribution in [3.8, 4) is 0 Å². The second kappa shape index (κ2) is 10.8. The van der Waals surface area contributed by atoms with Gasteiger partial charge in [0, 0.05) is 36.9 Å². The number of hydrogen-bond donors (Lipinski definition) is 1. The van der Waals surface area contributed by atoms with Crippen LogP contribution in [0.15, 0.2) is 42.1 Å². The molecule has 166 valence electrons. The SMILES string of the molecule is C=CCn1c(SCC(=O)Nc2ccc(N3CCOCC3)cc2)nnc1C1CCCCC1. The van der Waals surface area contributed by atoms with Gasteiger partial charge in [0.25, 0.3) is 0 Å². The number of hydrogen-bond acceptors (Lipinski definition) is 6. The zero-order chi connectivity index (χ0) is 21.5. The molecule has 1 aliphatic carbocycles. The molecule has 1 aliphatic heterocycles. The highest BCUT2D eigenvalue weighted by Gasteiger charge is 2.23. The lowest BCUT2D eigenvalue weighted by molar-refractivity contribution is -0.113. The quantitative estimate of drug-likeness (QED) is 0.492. The summed E-state index contributed by atoms with van der Waals surface area (Å²) in [5.74, 6) is 1.76. The van der Waals surface area contributed by atoms with Gasteiger partial charge in [0.2, 0.25) is 5.91 Å². The molecule has 2 aliphatic rings. The molecule has 0 spiro atoms. The normalized spacial score (nSPS) is 17.5. The molecule has 0 unspecified atom stereocenters. The van der Waals surface area contributed by atoms with Crippen molar-refractivity contribution < 1.29 is 9.53 Å². The van der Waals surface area contributed by atoms with Crippen molar-refractivity contribution in [2.24, 2.45) is 0 Å². The maximum Gasteiger partial charge on any atom is 0.234 e. The molecular weight excluding hydrogens is 410 g/mol. The van der Waals surface area contributed by atoms with Crippen molar-refractivity contribution in [1.82, 2.24) is 14.8 Å². The third kappa shape index (κ3) is 5.68. The van der Waals surface area contributed by atoms with Crippen LogP contribution in [0.1, 0.15) is 43.8 Å². The summed E-state index contributed by atoms with van der Waals surface area (Å²) in [4.78, 5) is 14.8. The van der Waals surface area contributed by atoms with Gasteiger partial charge in [-0.3, -0.25) is 4.79 Å². The number of rotatable bonds is 8. The van der Waals surface area contributed by atoms with Crippen LogP contribution in [0.2, 0.25) is 0 Å². The van der Waals surface area contributed by atoms with Gasteiger partial charge in [-0.15, -0.1) is 16.8 Å². The number of allylic oxidation sites excluding steroid dienone is 1. The molecule has 2 aromatic rings. The monoisotopic (exact) mass is 441 g/mol. The van der Waals surface area contributed by atoms with Crippen molar-refractivity contribution in [3.05, 3.63) is 42.7 Å². The fourth-order valence-electron chi connectivity index (χ4n) is 4.27. The summed E-state index contributed by atoms with van der Waals surface area (Å²) in [5, 5.41) is 12.6. The summed E-state index contributed by atoms with van der Waals surface area (Å²) in [6, 6.07) is 8.00. The average molecular weight is 442 g/mol. The zero-order valence-electron chi connectivity index (χ0n) is 18.0. The number of aromatic nitrogens is 3. The molecule has 1 aromatic heterocycles. The highest BCUT2D eigenvalue weighted by Crippen LogP contribution is 2.33. The Hall–Kier alpha value is -2.32. The van der Waals surface area contributed by atoms with Crippen molar-refractivity contribution >= 4 is 29.0 Å². The molecular formula is C23H31N5O2S. The molecule has 7 nitrogen and oxygen atoms in total. The standard InChI is InChI=1S/C23H31N5O2S/c1-2-12-28-22(18-6-4-3-5-7-18)25-26-23(28)31-17-21(29)24-19-8-10-20(11-9-19)27-13-15-30-16-14-27/h2,8-11,18H,1,3-7,12-17H2,(H,24,29). The van der Waals surface area contributed by atoms with Gasteiger partial charge in [0.15, 0.2) is 5.16 Å². The maximum atomic E-state index is 12.5. The van der Waals surface area contributed by atoms with E-state index in [0.717, 1.165) is 48.7 Å². The molecule has 31 heavy (non-hydrogen) atoms. The van der Waals surface area contributed by atoms with Crippen molar-refractivity contribution in [2.45, 2.75) is 49.7 Å². The number of amides is 1. The van der Waals surface area contributed by atoms with Gasteiger partial charge in [-0.1, -0.05) is 37.1 Å². The highest BCUT2D eigenvalue weighted by atomic mass is 32.2. The fourth-order valence-corrected chi connectivity index (χ4v) is 5.03.